The summed E-state index contributed by atoms with van der Waals surface area (Å²) in [6.07, 6.45) is 1.16. The second-order valence-electron chi connectivity index (χ2n) is 2.73. The normalized spacial score (nSPS) is 10.6. The summed E-state index contributed by atoms with van der Waals surface area (Å²) in [5.41, 5.74) is -0.0940. The maximum absolute atomic E-state index is 11.3. The van der Waals surface area contributed by atoms with Gasteiger partial charge in [0.1, 0.15) is 6.33 Å². The van der Waals surface area contributed by atoms with E-state index in [9.17, 15) is 9.59 Å². The maximum atomic E-state index is 11.3. The summed E-state index contributed by atoms with van der Waals surface area (Å²) in [6.45, 7) is 1.52. The van der Waals surface area contributed by atoms with E-state index in [4.69, 9.17) is 5.11 Å². The Bertz CT molecular complexity index is 568. The van der Waals surface area contributed by atoms with Crippen LogP contribution >= 0.6 is 0 Å². The van der Waals surface area contributed by atoms with Gasteiger partial charge in [0.15, 0.2) is 11.2 Å². The van der Waals surface area contributed by atoms with E-state index >= 15 is 0 Å². The molecule has 0 aliphatic rings. The van der Waals surface area contributed by atoms with Crippen LogP contribution in [0.15, 0.2) is 11.1 Å². The molecule has 0 unspecified atom stereocenters. The van der Waals surface area contributed by atoms with Crippen molar-refractivity contribution in [2.75, 3.05) is 0 Å². The van der Waals surface area contributed by atoms with Crippen molar-refractivity contribution in [3.8, 4) is 0 Å². The van der Waals surface area contributed by atoms with Gasteiger partial charge in [-0.05, 0) is 6.92 Å². The molecule has 0 aromatic carbocycles. The Morgan fingerprint density at radius 1 is 1.64 bits per heavy atom. The third-order valence-corrected chi connectivity index (χ3v) is 1.89. The minimum atomic E-state index is -1.17. The molecule has 7 nitrogen and oxygen atoms in total. The van der Waals surface area contributed by atoms with E-state index in [1.807, 2.05) is 0 Å². The number of fused-ring (bicyclic) bond motifs is 1. The number of hydrogen-bond donors (Lipinski definition) is 2. The van der Waals surface area contributed by atoms with Gasteiger partial charge in [0.2, 0.25) is 0 Å². The molecular weight excluding hydrogens is 188 g/mol. The van der Waals surface area contributed by atoms with E-state index in [1.54, 1.807) is 0 Å². The summed E-state index contributed by atoms with van der Waals surface area (Å²) in [5, 5.41) is 16.1. The van der Waals surface area contributed by atoms with Gasteiger partial charge >= 0.3 is 5.97 Å². The largest absolute Gasteiger partial charge is 0.476 e. The lowest BCUT2D eigenvalue weighted by Crippen LogP contribution is -2.11. The molecule has 0 aliphatic heterocycles. The van der Waals surface area contributed by atoms with Crippen molar-refractivity contribution < 1.29 is 9.90 Å². The molecule has 0 bridgehead atoms. The highest BCUT2D eigenvalue weighted by molar-refractivity contribution is 5.89. The Morgan fingerprint density at radius 3 is 2.93 bits per heavy atom. The molecule has 0 saturated heterocycles. The minimum absolute atomic E-state index is 0.157. The fraction of sp³-hybridized carbons (Fsp3) is 0.143. The van der Waals surface area contributed by atoms with Gasteiger partial charge in [-0.2, -0.15) is 0 Å². The molecule has 0 atom stereocenters. The van der Waals surface area contributed by atoms with E-state index in [0.29, 0.717) is 5.56 Å². The summed E-state index contributed by atoms with van der Waals surface area (Å²) in [7, 11) is 0. The molecule has 7 heteroatoms. The predicted molar refractivity (Wildman–Crippen MR) is 45.3 cm³/mol. The SMILES string of the molecule is Cc1c(C(=O)O)nn2nc[nH]c(=O)c12. The van der Waals surface area contributed by atoms with Gasteiger partial charge in [-0.25, -0.2) is 4.79 Å². The number of aromatic carboxylic acids is 1. The first kappa shape index (κ1) is 8.42. The lowest BCUT2D eigenvalue weighted by molar-refractivity contribution is 0.0689. The van der Waals surface area contributed by atoms with Crippen LogP contribution in [0.1, 0.15) is 16.1 Å². The number of rotatable bonds is 1. The van der Waals surface area contributed by atoms with Gasteiger partial charge in [-0.1, -0.05) is 0 Å². The zero-order valence-corrected chi connectivity index (χ0v) is 7.18. The molecule has 0 fully saturated rings. The van der Waals surface area contributed by atoms with E-state index in [0.717, 1.165) is 11.0 Å². The number of aromatic amines is 1. The number of nitrogens with one attached hydrogen (secondary N) is 1. The summed E-state index contributed by atoms with van der Waals surface area (Å²) < 4.78 is 1.01. The minimum Gasteiger partial charge on any atom is -0.476 e. The van der Waals surface area contributed by atoms with Crippen molar-refractivity contribution in [1.82, 2.24) is 19.8 Å². The second-order valence-corrected chi connectivity index (χ2v) is 2.73. The number of nitrogens with zero attached hydrogens (tertiary/aromatic N) is 3. The van der Waals surface area contributed by atoms with Gasteiger partial charge in [-0.15, -0.1) is 14.8 Å². The molecule has 2 N–H and O–H groups in total. The molecule has 72 valence electrons. The number of aromatic nitrogens is 4. The third kappa shape index (κ3) is 0.987. The van der Waals surface area contributed by atoms with Crippen molar-refractivity contribution >= 4 is 11.5 Å². The summed E-state index contributed by atoms with van der Waals surface area (Å²) >= 11 is 0. The molecule has 2 aromatic rings. The number of carbonyl (C=O) groups is 1. The standard InChI is InChI=1S/C7H6N4O3/c1-3-4(7(13)14)10-11-5(3)6(12)8-2-9-11/h2H,1H3,(H,13,14)(H,8,9,12). The molecule has 0 amide bonds. The first-order valence-electron chi connectivity index (χ1n) is 3.78. The highest BCUT2D eigenvalue weighted by atomic mass is 16.4. The van der Waals surface area contributed by atoms with Crippen LogP contribution in [0.5, 0.6) is 0 Å². The van der Waals surface area contributed by atoms with Crippen LogP contribution in [0.3, 0.4) is 0 Å². The Morgan fingerprint density at radius 2 is 2.36 bits per heavy atom. The Labute approximate surface area is 77.0 Å². The maximum Gasteiger partial charge on any atom is 0.356 e. The fourth-order valence-corrected chi connectivity index (χ4v) is 1.24. The zero-order chi connectivity index (χ0) is 10.3. The van der Waals surface area contributed by atoms with Gasteiger partial charge in [-0.3, -0.25) is 4.79 Å². The average Bonchev–Trinajstić information content (AvgIpc) is 2.45. The molecule has 2 aromatic heterocycles. The van der Waals surface area contributed by atoms with Crippen molar-refractivity contribution in [1.29, 1.82) is 0 Å². The first-order valence-corrected chi connectivity index (χ1v) is 3.78. The van der Waals surface area contributed by atoms with Crippen LogP contribution in [0.25, 0.3) is 5.52 Å². The third-order valence-electron chi connectivity index (χ3n) is 1.89. The first-order chi connectivity index (χ1) is 6.61. The Balaban J connectivity index is 2.94. The average molecular weight is 194 g/mol. The molecular formula is C7H6N4O3. The number of carboxylic acids is 1. The van der Waals surface area contributed by atoms with Crippen LogP contribution in [0.4, 0.5) is 0 Å². The topological polar surface area (TPSA) is 100 Å². The van der Waals surface area contributed by atoms with Crippen LogP contribution in [0.2, 0.25) is 0 Å². The highest BCUT2D eigenvalue weighted by Crippen LogP contribution is 2.08. The van der Waals surface area contributed by atoms with Gasteiger partial charge in [0.05, 0.1) is 0 Å². The van der Waals surface area contributed by atoms with Gasteiger partial charge < -0.3 is 10.1 Å². The number of hydrogen-bond acceptors (Lipinski definition) is 4. The molecule has 0 saturated carbocycles. The summed E-state index contributed by atoms with van der Waals surface area (Å²) in [4.78, 5) is 24.3. The fourth-order valence-electron chi connectivity index (χ4n) is 1.24. The molecule has 0 aliphatic carbocycles. The van der Waals surface area contributed by atoms with Gasteiger partial charge in [0.25, 0.3) is 5.56 Å². The zero-order valence-electron chi connectivity index (χ0n) is 7.18. The van der Waals surface area contributed by atoms with Gasteiger partial charge in [0, 0.05) is 5.56 Å². The molecule has 14 heavy (non-hydrogen) atoms. The summed E-state index contributed by atoms with van der Waals surface area (Å²) in [6, 6.07) is 0. The lowest BCUT2D eigenvalue weighted by Gasteiger charge is -1.88. The quantitative estimate of drug-likeness (QED) is 0.632. The monoisotopic (exact) mass is 194 g/mol. The second kappa shape index (κ2) is 2.66. The van der Waals surface area contributed by atoms with Crippen LogP contribution in [-0.4, -0.2) is 30.9 Å². The van der Waals surface area contributed by atoms with Crippen molar-refractivity contribution in [2.45, 2.75) is 6.92 Å². The summed E-state index contributed by atoms with van der Waals surface area (Å²) in [5.74, 6) is -1.17. The number of carboxylic acid groups (broad SMARTS) is 1. The lowest BCUT2D eigenvalue weighted by atomic mass is 10.2. The van der Waals surface area contributed by atoms with Crippen molar-refractivity contribution in [3.63, 3.8) is 0 Å². The van der Waals surface area contributed by atoms with Crippen molar-refractivity contribution in [3.05, 3.63) is 27.9 Å². The Hall–Kier alpha value is -2.18. The number of H-pyrrole nitrogens is 1. The smallest absolute Gasteiger partial charge is 0.356 e. The molecule has 0 radical (unpaired) electrons. The van der Waals surface area contributed by atoms with E-state index in [-0.39, 0.29) is 11.2 Å². The van der Waals surface area contributed by atoms with Crippen LogP contribution in [-0.2, 0) is 0 Å². The van der Waals surface area contributed by atoms with Crippen LogP contribution < -0.4 is 5.56 Å². The molecule has 0 spiro atoms. The van der Waals surface area contributed by atoms with Crippen LogP contribution in [0, 0.1) is 6.92 Å². The van der Waals surface area contributed by atoms with E-state index in [1.165, 1.54) is 6.92 Å². The predicted octanol–water partition coefficient (Wildman–Crippen LogP) is -0.576. The number of aryl methyl sites for hydroxylation is 1. The molecule has 2 heterocycles. The Kier molecular flexibility index (Phi) is 1.60. The van der Waals surface area contributed by atoms with E-state index in [2.05, 4.69) is 15.2 Å². The highest BCUT2D eigenvalue weighted by Gasteiger charge is 2.17. The molecule has 2 rings (SSSR count). The van der Waals surface area contributed by atoms with E-state index < -0.39 is 11.5 Å². The van der Waals surface area contributed by atoms with Crippen molar-refractivity contribution in [2.24, 2.45) is 0 Å².